The highest BCUT2D eigenvalue weighted by atomic mass is 16.5. The molecular formula is C15H32O3. The Morgan fingerprint density at radius 3 is 2.00 bits per heavy atom. The van der Waals surface area contributed by atoms with E-state index in [0.29, 0.717) is 19.6 Å². The fourth-order valence-electron chi connectivity index (χ4n) is 1.38. The first kappa shape index (κ1) is 17.9. The minimum Gasteiger partial charge on any atom is -0.390 e. The molecule has 0 saturated heterocycles. The molecule has 0 bridgehead atoms. The van der Waals surface area contributed by atoms with Crippen LogP contribution in [0.1, 0.15) is 61.3 Å². The minimum absolute atomic E-state index is 0.195. The Hall–Kier alpha value is -0.120. The second kappa shape index (κ2) is 7.46. The van der Waals surface area contributed by atoms with Gasteiger partial charge in [0, 0.05) is 6.61 Å². The van der Waals surface area contributed by atoms with Crippen LogP contribution in [-0.4, -0.2) is 36.1 Å². The molecule has 0 aromatic carbocycles. The molecule has 2 unspecified atom stereocenters. The van der Waals surface area contributed by atoms with Crippen LogP contribution in [0.2, 0.25) is 0 Å². The van der Waals surface area contributed by atoms with Crippen molar-refractivity contribution in [1.29, 1.82) is 0 Å². The molecule has 0 saturated carbocycles. The van der Waals surface area contributed by atoms with Crippen molar-refractivity contribution in [1.82, 2.24) is 0 Å². The molecule has 3 nitrogen and oxygen atoms in total. The largest absolute Gasteiger partial charge is 0.390 e. The number of rotatable bonds is 7. The van der Waals surface area contributed by atoms with Crippen LogP contribution in [0.25, 0.3) is 0 Å². The Morgan fingerprint density at radius 1 is 1.06 bits per heavy atom. The zero-order chi connectivity index (χ0) is 14.4. The lowest BCUT2D eigenvalue weighted by atomic mass is 9.93. The smallest absolute Gasteiger partial charge is 0.107 e. The predicted molar refractivity (Wildman–Crippen MR) is 75.8 cm³/mol. The molecule has 0 radical (unpaired) electrons. The summed E-state index contributed by atoms with van der Waals surface area (Å²) in [5.41, 5.74) is 0.0612. The van der Waals surface area contributed by atoms with Crippen LogP contribution in [0.5, 0.6) is 0 Å². The summed E-state index contributed by atoms with van der Waals surface area (Å²) < 4.78 is 11.5. The van der Waals surface area contributed by atoms with Gasteiger partial charge in [-0.25, -0.2) is 0 Å². The van der Waals surface area contributed by atoms with Gasteiger partial charge in [0.05, 0.1) is 18.3 Å². The highest BCUT2D eigenvalue weighted by Gasteiger charge is 2.22. The quantitative estimate of drug-likeness (QED) is 0.762. The highest BCUT2D eigenvalue weighted by Crippen LogP contribution is 2.19. The SMILES string of the molecule is CCC(O)C(COC(C)(C)C)OCCC(C)(C)C. The van der Waals surface area contributed by atoms with E-state index in [2.05, 4.69) is 20.8 Å². The molecule has 0 spiro atoms. The first-order valence-electron chi connectivity index (χ1n) is 6.99. The third-order valence-electron chi connectivity index (χ3n) is 2.71. The standard InChI is InChI=1S/C15H32O3/c1-8-12(16)13(11-18-15(5,6)7)17-10-9-14(2,3)4/h12-13,16H,8-11H2,1-7H3. The molecule has 110 valence electrons. The van der Waals surface area contributed by atoms with Crippen molar-refractivity contribution >= 4 is 0 Å². The second-order valence-electron chi connectivity index (χ2n) is 7.12. The zero-order valence-electron chi connectivity index (χ0n) is 13.2. The summed E-state index contributed by atoms with van der Waals surface area (Å²) in [7, 11) is 0. The Kier molecular flexibility index (Phi) is 7.41. The molecular weight excluding hydrogens is 228 g/mol. The molecule has 0 fully saturated rings. The molecule has 3 heteroatoms. The van der Waals surface area contributed by atoms with Crippen molar-refractivity contribution in [2.45, 2.75) is 79.1 Å². The fraction of sp³-hybridized carbons (Fsp3) is 1.00. The van der Waals surface area contributed by atoms with E-state index in [1.54, 1.807) is 0 Å². The normalized spacial score (nSPS) is 16.7. The molecule has 0 aromatic rings. The van der Waals surface area contributed by atoms with E-state index in [4.69, 9.17) is 9.47 Å². The number of hydrogen-bond donors (Lipinski definition) is 1. The van der Waals surface area contributed by atoms with Crippen molar-refractivity contribution in [3.63, 3.8) is 0 Å². The maximum atomic E-state index is 9.94. The molecule has 0 heterocycles. The third-order valence-corrected chi connectivity index (χ3v) is 2.71. The molecule has 0 aliphatic rings. The van der Waals surface area contributed by atoms with Crippen LogP contribution in [0.3, 0.4) is 0 Å². The number of ether oxygens (including phenoxy) is 2. The summed E-state index contributed by atoms with van der Waals surface area (Å²) >= 11 is 0. The van der Waals surface area contributed by atoms with Crippen LogP contribution in [0, 0.1) is 5.41 Å². The molecule has 2 atom stereocenters. The van der Waals surface area contributed by atoms with E-state index in [-0.39, 0.29) is 17.1 Å². The minimum atomic E-state index is -0.452. The van der Waals surface area contributed by atoms with Gasteiger partial charge >= 0.3 is 0 Å². The maximum absolute atomic E-state index is 9.94. The molecule has 18 heavy (non-hydrogen) atoms. The van der Waals surface area contributed by atoms with Gasteiger partial charge in [0.15, 0.2) is 0 Å². The third kappa shape index (κ3) is 9.86. The fourth-order valence-corrected chi connectivity index (χ4v) is 1.38. The Morgan fingerprint density at radius 2 is 1.61 bits per heavy atom. The van der Waals surface area contributed by atoms with Crippen LogP contribution in [-0.2, 0) is 9.47 Å². The van der Waals surface area contributed by atoms with Crippen LogP contribution < -0.4 is 0 Å². The lowest BCUT2D eigenvalue weighted by molar-refractivity contribution is -0.115. The lowest BCUT2D eigenvalue weighted by Crippen LogP contribution is -2.37. The predicted octanol–water partition coefficient (Wildman–Crippen LogP) is 3.39. The van der Waals surface area contributed by atoms with Crippen molar-refractivity contribution in [2.75, 3.05) is 13.2 Å². The molecule has 0 amide bonds. The van der Waals surface area contributed by atoms with Crippen molar-refractivity contribution in [3.05, 3.63) is 0 Å². The van der Waals surface area contributed by atoms with E-state index in [1.165, 1.54) is 0 Å². The van der Waals surface area contributed by atoms with Crippen molar-refractivity contribution in [3.8, 4) is 0 Å². The van der Waals surface area contributed by atoms with E-state index < -0.39 is 6.10 Å². The van der Waals surface area contributed by atoms with Gasteiger partial charge in [0.25, 0.3) is 0 Å². The second-order valence-corrected chi connectivity index (χ2v) is 7.12. The zero-order valence-corrected chi connectivity index (χ0v) is 13.2. The van der Waals surface area contributed by atoms with Gasteiger partial charge in [-0.3, -0.25) is 0 Å². The Labute approximate surface area is 113 Å². The molecule has 0 aromatic heterocycles. The van der Waals surface area contributed by atoms with Gasteiger partial charge < -0.3 is 14.6 Å². The first-order valence-corrected chi connectivity index (χ1v) is 6.99. The van der Waals surface area contributed by atoms with Gasteiger partial charge in [-0.2, -0.15) is 0 Å². The number of aliphatic hydroxyl groups excluding tert-OH is 1. The summed E-state index contributed by atoms with van der Waals surface area (Å²) in [4.78, 5) is 0. The highest BCUT2D eigenvalue weighted by molar-refractivity contribution is 4.71. The summed E-state index contributed by atoms with van der Waals surface area (Å²) in [6.07, 6.45) is 0.993. The Bertz CT molecular complexity index is 213. The molecule has 0 rings (SSSR count). The van der Waals surface area contributed by atoms with Gasteiger partial charge in [-0.1, -0.05) is 27.7 Å². The summed E-state index contributed by atoms with van der Waals surface area (Å²) in [6.45, 7) is 15.7. The van der Waals surface area contributed by atoms with E-state index >= 15 is 0 Å². The summed E-state index contributed by atoms with van der Waals surface area (Å²) in [5, 5.41) is 9.94. The maximum Gasteiger partial charge on any atom is 0.107 e. The van der Waals surface area contributed by atoms with Crippen molar-refractivity contribution in [2.24, 2.45) is 5.41 Å². The number of hydrogen-bond acceptors (Lipinski definition) is 3. The van der Waals surface area contributed by atoms with Gasteiger partial charge in [-0.15, -0.1) is 0 Å². The molecule has 0 aliphatic carbocycles. The Balaban J connectivity index is 4.16. The average Bonchev–Trinajstić information content (AvgIpc) is 2.19. The summed E-state index contributed by atoms with van der Waals surface area (Å²) in [6, 6.07) is 0. The van der Waals surface area contributed by atoms with Gasteiger partial charge in [-0.05, 0) is 39.0 Å². The van der Waals surface area contributed by atoms with Crippen LogP contribution in [0.4, 0.5) is 0 Å². The monoisotopic (exact) mass is 260 g/mol. The topological polar surface area (TPSA) is 38.7 Å². The average molecular weight is 260 g/mol. The lowest BCUT2D eigenvalue weighted by Gasteiger charge is -2.28. The first-order chi connectivity index (χ1) is 8.05. The van der Waals surface area contributed by atoms with Crippen LogP contribution >= 0.6 is 0 Å². The molecule has 0 aliphatic heterocycles. The van der Waals surface area contributed by atoms with Crippen molar-refractivity contribution < 1.29 is 14.6 Å². The number of aliphatic hydroxyl groups is 1. The molecule has 1 N–H and O–H groups in total. The van der Waals surface area contributed by atoms with Crippen LogP contribution in [0.15, 0.2) is 0 Å². The van der Waals surface area contributed by atoms with Gasteiger partial charge in [0.1, 0.15) is 6.10 Å². The van der Waals surface area contributed by atoms with E-state index in [0.717, 1.165) is 6.42 Å². The van der Waals surface area contributed by atoms with Gasteiger partial charge in [0.2, 0.25) is 0 Å². The van der Waals surface area contributed by atoms with E-state index in [9.17, 15) is 5.11 Å². The van der Waals surface area contributed by atoms with E-state index in [1.807, 2.05) is 27.7 Å². The summed E-state index contributed by atoms with van der Waals surface area (Å²) in [5.74, 6) is 0.